The van der Waals surface area contributed by atoms with Crippen LogP contribution in [-0.2, 0) is 11.3 Å². The van der Waals surface area contributed by atoms with Gasteiger partial charge < -0.3 is 19.8 Å². The van der Waals surface area contributed by atoms with E-state index >= 15 is 0 Å². The summed E-state index contributed by atoms with van der Waals surface area (Å²) in [5, 5.41) is 14.8. The van der Waals surface area contributed by atoms with Crippen LogP contribution in [0.2, 0.25) is 0 Å². The highest BCUT2D eigenvalue weighted by Crippen LogP contribution is 2.26. The lowest BCUT2D eigenvalue weighted by Crippen LogP contribution is -3.14. The largest absolute Gasteiger partial charge is 0.404 e. The maximum absolute atomic E-state index is 10.8. The molecule has 1 fully saturated rings. The van der Waals surface area contributed by atoms with Crippen molar-refractivity contribution in [2.24, 2.45) is 0 Å². The van der Waals surface area contributed by atoms with Crippen molar-refractivity contribution in [3.05, 3.63) is 20.3 Å². The number of halogens is 1. The van der Waals surface area contributed by atoms with Crippen LogP contribution in [0.25, 0.3) is 0 Å². The zero-order valence-electron chi connectivity index (χ0n) is 10.2. The van der Waals surface area contributed by atoms with Crippen LogP contribution in [0.3, 0.4) is 0 Å². The van der Waals surface area contributed by atoms with Gasteiger partial charge in [-0.3, -0.25) is 0 Å². The van der Waals surface area contributed by atoms with Crippen molar-refractivity contribution in [2.45, 2.75) is 13.5 Å². The van der Waals surface area contributed by atoms with E-state index < -0.39 is 4.92 Å². The number of aromatic nitrogens is 2. The predicted octanol–water partition coefficient (Wildman–Crippen LogP) is -0.223. The fourth-order valence-corrected chi connectivity index (χ4v) is 2.45. The second-order valence-corrected chi connectivity index (χ2v) is 5.11. The van der Waals surface area contributed by atoms with E-state index in [2.05, 4.69) is 21.0 Å². The Morgan fingerprint density at radius 3 is 2.78 bits per heavy atom. The van der Waals surface area contributed by atoms with E-state index in [0.29, 0.717) is 11.0 Å². The van der Waals surface area contributed by atoms with Gasteiger partial charge in [-0.25, -0.2) is 0 Å². The van der Waals surface area contributed by atoms with Gasteiger partial charge in [0.15, 0.2) is 0 Å². The molecule has 8 heteroatoms. The van der Waals surface area contributed by atoms with Gasteiger partial charge in [0, 0.05) is 0 Å². The molecule has 2 heterocycles. The normalized spacial score (nSPS) is 17.0. The van der Waals surface area contributed by atoms with Crippen molar-refractivity contribution < 1.29 is 14.6 Å². The molecule has 7 nitrogen and oxygen atoms in total. The molecule has 1 aliphatic rings. The minimum atomic E-state index is -0.463. The quantitative estimate of drug-likeness (QED) is 0.615. The molecule has 0 aliphatic carbocycles. The summed E-state index contributed by atoms with van der Waals surface area (Å²) in [7, 11) is 0. The Bertz CT molecular complexity index is 443. The highest BCUT2D eigenvalue weighted by atomic mass is 79.9. The first-order chi connectivity index (χ1) is 8.59. The van der Waals surface area contributed by atoms with E-state index in [1.54, 1.807) is 4.68 Å². The molecule has 0 spiro atoms. The topological polar surface area (TPSA) is 74.6 Å². The number of morpholine rings is 1. The summed E-state index contributed by atoms with van der Waals surface area (Å²) in [5.74, 6) is -0.107. The van der Waals surface area contributed by atoms with E-state index in [-0.39, 0.29) is 5.82 Å². The number of nitrogens with one attached hydrogen (secondary N) is 1. The van der Waals surface area contributed by atoms with Crippen LogP contribution in [0.1, 0.15) is 5.69 Å². The molecule has 1 saturated heterocycles. The van der Waals surface area contributed by atoms with Gasteiger partial charge in [0.05, 0.1) is 30.6 Å². The molecule has 0 saturated carbocycles. The van der Waals surface area contributed by atoms with E-state index in [0.717, 1.165) is 38.5 Å². The smallest absolute Gasteiger partial charge is 0.370 e. The lowest BCUT2D eigenvalue weighted by atomic mass is 10.4. The maximum atomic E-state index is 10.8. The molecule has 1 aliphatic heterocycles. The lowest BCUT2D eigenvalue weighted by Gasteiger charge is -2.23. The Kier molecular flexibility index (Phi) is 4.31. The first kappa shape index (κ1) is 13.4. The Balaban J connectivity index is 2.00. The average molecular weight is 320 g/mol. The molecule has 0 amide bonds. The number of hydrogen-bond acceptors (Lipinski definition) is 4. The zero-order valence-corrected chi connectivity index (χ0v) is 11.8. The van der Waals surface area contributed by atoms with Crippen molar-refractivity contribution in [3.8, 4) is 0 Å². The molecule has 0 aromatic carbocycles. The van der Waals surface area contributed by atoms with Crippen molar-refractivity contribution in [3.63, 3.8) is 0 Å². The molecule has 1 aromatic rings. The van der Waals surface area contributed by atoms with Crippen LogP contribution >= 0.6 is 15.9 Å². The molecule has 0 bridgehead atoms. The van der Waals surface area contributed by atoms with Crippen LogP contribution < -0.4 is 4.90 Å². The molecule has 2 rings (SSSR count). The summed E-state index contributed by atoms with van der Waals surface area (Å²) in [4.78, 5) is 11.8. The number of rotatable bonds is 4. The van der Waals surface area contributed by atoms with E-state index in [9.17, 15) is 10.1 Å². The monoisotopic (exact) mass is 319 g/mol. The highest BCUT2D eigenvalue weighted by Gasteiger charge is 2.24. The Morgan fingerprint density at radius 1 is 1.56 bits per heavy atom. The minimum absolute atomic E-state index is 0.107. The highest BCUT2D eigenvalue weighted by molar-refractivity contribution is 9.10. The zero-order chi connectivity index (χ0) is 13.1. The number of quaternary nitrogens is 1. The number of hydrogen-bond donors (Lipinski definition) is 1. The third-order valence-electron chi connectivity index (χ3n) is 3.17. The molecule has 0 unspecified atom stereocenters. The van der Waals surface area contributed by atoms with Gasteiger partial charge >= 0.3 is 5.82 Å². The summed E-state index contributed by atoms with van der Waals surface area (Å²) in [6, 6.07) is 0. The standard InChI is InChI=1S/C10H15BrN4O3/c1-8-9(11)10(15(16)17)12-14(8)3-2-13-4-6-18-7-5-13/h2-7H2,1H3/p+1. The van der Waals surface area contributed by atoms with Crippen LogP contribution in [0.5, 0.6) is 0 Å². The third-order valence-corrected chi connectivity index (χ3v) is 4.10. The van der Waals surface area contributed by atoms with Crippen molar-refractivity contribution in [1.82, 2.24) is 9.78 Å². The Hall–Kier alpha value is -0.990. The summed E-state index contributed by atoms with van der Waals surface area (Å²) in [6.07, 6.45) is 0. The fourth-order valence-electron chi connectivity index (χ4n) is 2.02. The second-order valence-electron chi connectivity index (χ2n) is 4.32. The molecule has 0 radical (unpaired) electrons. The van der Waals surface area contributed by atoms with Crippen molar-refractivity contribution in [1.29, 1.82) is 0 Å². The molecular weight excluding hydrogens is 304 g/mol. The number of ether oxygens (including phenoxy) is 1. The van der Waals surface area contributed by atoms with Gasteiger partial charge in [0.25, 0.3) is 0 Å². The van der Waals surface area contributed by atoms with Crippen LogP contribution in [0.4, 0.5) is 5.82 Å². The van der Waals surface area contributed by atoms with Crippen LogP contribution in [0, 0.1) is 17.0 Å². The second kappa shape index (κ2) is 5.77. The SMILES string of the molecule is Cc1c(Br)c([N+](=O)[O-])nn1CC[NH+]1CCOCC1. The molecule has 0 atom stereocenters. The van der Waals surface area contributed by atoms with Crippen LogP contribution in [-0.4, -0.2) is 47.6 Å². The summed E-state index contributed by atoms with van der Waals surface area (Å²) < 4.78 is 7.47. The minimum Gasteiger partial charge on any atom is -0.370 e. The fraction of sp³-hybridized carbons (Fsp3) is 0.700. The molecular formula is C10H16BrN4O3+. The first-order valence-corrected chi connectivity index (χ1v) is 6.67. The van der Waals surface area contributed by atoms with Gasteiger partial charge in [0.2, 0.25) is 0 Å². The van der Waals surface area contributed by atoms with Gasteiger partial charge in [-0.05, 0) is 27.8 Å². The van der Waals surface area contributed by atoms with Gasteiger partial charge in [-0.1, -0.05) is 0 Å². The lowest BCUT2D eigenvalue weighted by molar-refractivity contribution is -0.908. The molecule has 18 heavy (non-hydrogen) atoms. The Morgan fingerprint density at radius 2 is 2.22 bits per heavy atom. The van der Waals surface area contributed by atoms with Crippen molar-refractivity contribution >= 4 is 21.7 Å². The predicted molar refractivity (Wildman–Crippen MR) is 67.7 cm³/mol. The summed E-state index contributed by atoms with van der Waals surface area (Å²) >= 11 is 3.22. The van der Waals surface area contributed by atoms with Gasteiger partial charge in [-0.15, -0.1) is 0 Å². The third kappa shape index (κ3) is 2.88. The number of nitro groups is 1. The first-order valence-electron chi connectivity index (χ1n) is 5.88. The van der Waals surface area contributed by atoms with E-state index in [1.807, 2.05) is 6.92 Å². The molecule has 1 aromatic heterocycles. The number of nitrogens with zero attached hydrogens (tertiary/aromatic N) is 3. The summed E-state index contributed by atoms with van der Waals surface area (Å²) in [6.45, 7) is 6.99. The molecule has 100 valence electrons. The summed E-state index contributed by atoms with van der Waals surface area (Å²) in [5.41, 5.74) is 0.800. The van der Waals surface area contributed by atoms with E-state index in [4.69, 9.17) is 4.74 Å². The van der Waals surface area contributed by atoms with Gasteiger partial charge in [-0.2, -0.15) is 4.68 Å². The van der Waals surface area contributed by atoms with E-state index in [1.165, 1.54) is 4.90 Å². The maximum Gasteiger partial charge on any atom is 0.404 e. The van der Waals surface area contributed by atoms with Crippen LogP contribution in [0.15, 0.2) is 4.47 Å². The average Bonchev–Trinajstić information content (AvgIpc) is 2.65. The Labute approximate surface area is 113 Å². The van der Waals surface area contributed by atoms with Gasteiger partial charge in [0.1, 0.15) is 24.1 Å². The molecule has 1 N–H and O–H groups in total. The van der Waals surface area contributed by atoms with Crippen molar-refractivity contribution in [2.75, 3.05) is 32.8 Å².